The summed E-state index contributed by atoms with van der Waals surface area (Å²) in [5.41, 5.74) is 6.63. The van der Waals surface area contributed by atoms with Gasteiger partial charge in [-0.15, -0.1) is 0 Å². The maximum Gasteiger partial charge on any atom is 0.165 e. The third-order valence-corrected chi connectivity index (χ3v) is 2.61. The highest BCUT2D eigenvalue weighted by Gasteiger charge is 2.11. The second kappa shape index (κ2) is 3.33. The molecule has 2 rings (SSSR count). The average Bonchev–Trinajstić information content (AvgIpc) is 2.56. The number of imidazole rings is 1. The van der Waals surface area contributed by atoms with Gasteiger partial charge in [0.05, 0.1) is 16.0 Å². The summed E-state index contributed by atoms with van der Waals surface area (Å²) in [6.45, 7) is 1.80. The van der Waals surface area contributed by atoms with Crippen LogP contribution in [0.2, 0.25) is 0 Å². The highest BCUT2D eigenvalue weighted by Crippen LogP contribution is 2.24. The molecule has 3 N–H and O–H groups in total. The molecule has 3 nitrogen and oxygen atoms in total. The number of nitrogens with zero attached hydrogens (tertiary/aromatic N) is 1. The molecule has 0 fully saturated rings. The molecule has 5 heteroatoms. The fourth-order valence-electron chi connectivity index (χ4n) is 1.25. The summed E-state index contributed by atoms with van der Waals surface area (Å²) in [5, 5.41) is 0. The first kappa shape index (κ1) is 9.61. The topological polar surface area (TPSA) is 54.7 Å². The van der Waals surface area contributed by atoms with Gasteiger partial charge in [-0.2, -0.15) is 0 Å². The zero-order chi connectivity index (χ0) is 10.3. The summed E-state index contributed by atoms with van der Waals surface area (Å²) in [6, 6.07) is 3.18. The van der Waals surface area contributed by atoms with Crippen LogP contribution in [0.3, 0.4) is 0 Å². The van der Waals surface area contributed by atoms with E-state index in [0.29, 0.717) is 21.3 Å². The van der Waals surface area contributed by atoms with Gasteiger partial charge in [0.25, 0.3) is 0 Å². The Kier molecular flexibility index (Phi) is 2.28. The SMILES string of the molecule is CC(N)c1nc2c(F)c(Br)ccc2[nH]1. The molecule has 1 atom stereocenters. The molecule has 74 valence electrons. The Hall–Kier alpha value is -0.940. The number of hydrogen-bond acceptors (Lipinski definition) is 2. The van der Waals surface area contributed by atoms with Crippen LogP contribution >= 0.6 is 15.9 Å². The Morgan fingerprint density at radius 3 is 2.93 bits per heavy atom. The van der Waals surface area contributed by atoms with Crippen molar-refractivity contribution >= 4 is 27.0 Å². The predicted octanol–water partition coefficient (Wildman–Crippen LogP) is 2.48. The lowest BCUT2D eigenvalue weighted by Gasteiger charge is -1.96. The molecule has 1 aromatic carbocycles. The summed E-state index contributed by atoms with van der Waals surface area (Å²) < 4.78 is 13.9. The van der Waals surface area contributed by atoms with Crippen LogP contribution in [0.4, 0.5) is 4.39 Å². The van der Waals surface area contributed by atoms with Crippen LogP contribution in [0.5, 0.6) is 0 Å². The molecule has 1 unspecified atom stereocenters. The number of nitrogens with two attached hydrogens (primary N) is 1. The van der Waals surface area contributed by atoms with E-state index in [-0.39, 0.29) is 11.9 Å². The number of halogens is 2. The summed E-state index contributed by atoms with van der Waals surface area (Å²) in [7, 11) is 0. The highest BCUT2D eigenvalue weighted by molar-refractivity contribution is 9.10. The molecule has 0 radical (unpaired) electrons. The molecule has 1 aromatic heterocycles. The van der Waals surface area contributed by atoms with Gasteiger partial charge < -0.3 is 10.7 Å². The van der Waals surface area contributed by atoms with Crippen LogP contribution in [-0.4, -0.2) is 9.97 Å². The maximum atomic E-state index is 13.5. The molecule has 0 aliphatic heterocycles. The van der Waals surface area contributed by atoms with Gasteiger partial charge in [-0.05, 0) is 35.0 Å². The molecule has 0 saturated heterocycles. The van der Waals surface area contributed by atoms with Crippen LogP contribution < -0.4 is 5.73 Å². The van der Waals surface area contributed by atoms with Gasteiger partial charge in [0.15, 0.2) is 5.82 Å². The van der Waals surface area contributed by atoms with E-state index in [1.54, 1.807) is 19.1 Å². The molecule has 0 aliphatic rings. The molecular weight excluding hydrogens is 249 g/mol. The number of nitrogens with one attached hydrogen (secondary N) is 1. The van der Waals surface area contributed by atoms with Gasteiger partial charge in [-0.3, -0.25) is 0 Å². The molecule has 0 amide bonds. The molecule has 2 aromatic rings. The van der Waals surface area contributed by atoms with Crippen LogP contribution in [0.25, 0.3) is 11.0 Å². The van der Waals surface area contributed by atoms with E-state index >= 15 is 0 Å². The number of rotatable bonds is 1. The van der Waals surface area contributed by atoms with E-state index in [1.807, 2.05) is 0 Å². The van der Waals surface area contributed by atoms with E-state index in [4.69, 9.17) is 5.73 Å². The number of aromatic nitrogens is 2. The smallest absolute Gasteiger partial charge is 0.165 e. The van der Waals surface area contributed by atoms with Crippen LogP contribution in [0, 0.1) is 5.82 Å². The van der Waals surface area contributed by atoms with Crippen molar-refractivity contribution in [2.75, 3.05) is 0 Å². The lowest BCUT2D eigenvalue weighted by Crippen LogP contribution is -2.06. The van der Waals surface area contributed by atoms with Crippen molar-refractivity contribution in [2.24, 2.45) is 5.73 Å². The molecule has 0 spiro atoms. The van der Waals surface area contributed by atoms with Crippen molar-refractivity contribution in [1.29, 1.82) is 0 Å². The van der Waals surface area contributed by atoms with Crippen molar-refractivity contribution < 1.29 is 4.39 Å². The van der Waals surface area contributed by atoms with Crippen LogP contribution in [-0.2, 0) is 0 Å². The van der Waals surface area contributed by atoms with Gasteiger partial charge in [-0.25, -0.2) is 9.37 Å². The van der Waals surface area contributed by atoms with E-state index in [1.165, 1.54) is 0 Å². The normalized spacial score (nSPS) is 13.4. The number of benzene rings is 1. The first-order chi connectivity index (χ1) is 6.59. The number of aromatic amines is 1. The fraction of sp³-hybridized carbons (Fsp3) is 0.222. The molecule has 1 heterocycles. The first-order valence-electron chi connectivity index (χ1n) is 4.19. The Bertz CT molecular complexity index is 478. The van der Waals surface area contributed by atoms with Crippen molar-refractivity contribution in [3.63, 3.8) is 0 Å². The van der Waals surface area contributed by atoms with Gasteiger partial charge in [0.1, 0.15) is 11.3 Å². The highest BCUT2D eigenvalue weighted by atomic mass is 79.9. The largest absolute Gasteiger partial charge is 0.341 e. The van der Waals surface area contributed by atoms with Crippen LogP contribution in [0.15, 0.2) is 16.6 Å². The van der Waals surface area contributed by atoms with Crippen molar-refractivity contribution in [3.8, 4) is 0 Å². The Labute approximate surface area is 88.6 Å². The lowest BCUT2D eigenvalue weighted by atomic mass is 10.3. The number of fused-ring (bicyclic) bond motifs is 1. The zero-order valence-corrected chi connectivity index (χ0v) is 9.10. The minimum absolute atomic E-state index is 0.222. The van der Waals surface area contributed by atoms with Crippen molar-refractivity contribution in [2.45, 2.75) is 13.0 Å². The lowest BCUT2D eigenvalue weighted by molar-refractivity contribution is 0.630. The second-order valence-corrected chi connectivity index (χ2v) is 4.02. The van der Waals surface area contributed by atoms with Crippen molar-refractivity contribution in [1.82, 2.24) is 9.97 Å². The fourth-order valence-corrected chi connectivity index (χ4v) is 1.57. The van der Waals surface area contributed by atoms with E-state index in [9.17, 15) is 4.39 Å². The molecule has 0 bridgehead atoms. The van der Waals surface area contributed by atoms with Gasteiger partial charge >= 0.3 is 0 Å². The minimum Gasteiger partial charge on any atom is -0.341 e. The predicted molar refractivity (Wildman–Crippen MR) is 56.4 cm³/mol. The molecule has 0 aliphatic carbocycles. The minimum atomic E-state index is -0.356. The average molecular weight is 258 g/mol. The van der Waals surface area contributed by atoms with Gasteiger partial charge in [-0.1, -0.05) is 0 Å². The third-order valence-electron chi connectivity index (χ3n) is 2.00. The second-order valence-electron chi connectivity index (χ2n) is 3.17. The van der Waals surface area contributed by atoms with E-state index < -0.39 is 0 Å². The van der Waals surface area contributed by atoms with E-state index in [2.05, 4.69) is 25.9 Å². The third kappa shape index (κ3) is 1.42. The first-order valence-corrected chi connectivity index (χ1v) is 4.98. The van der Waals surface area contributed by atoms with Gasteiger partial charge in [0.2, 0.25) is 0 Å². The maximum absolute atomic E-state index is 13.5. The molecule has 14 heavy (non-hydrogen) atoms. The van der Waals surface area contributed by atoms with E-state index in [0.717, 1.165) is 0 Å². The summed E-state index contributed by atoms with van der Waals surface area (Å²) in [5.74, 6) is 0.239. The zero-order valence-electron chi connectivity index (χ0n) is 7.51. The number of hydrogen-bond donors (Lipinski definition) is 2. The van der Waals surface area contributed by atoms with Crippen LogP contribution in [0.1, 0.15) is 18.8 Å². The quantitative estimate of drug-likeness (QED) is 0.825. The monoisotopic (exact) mass is 257 g/mol. The van der Waals surface area contributed by atoms with Gasteiger partial charge in [0, 0.05) is 0 Å². The standard InChI is InChI=1S/C9H9BrFN3/c1-4(12)9-13-6-3-2-5(10)7(11)8(6)14-9/h2-4H,12H2,1H3,(H,13,14). The Morgan fingerprint density at radius 1 is 1.57 bits per heavy atom. The number of H-pyrrole nitrogens is 1. The Balaban J connectivity index is 2.71. The molecule has 0 saturated carbocycles. The summed E-state index contributed by atoms with van der Waals surface area (Å²) >= 11 is 3.10. The summed E-state index contributed by atoms with van der Waals surface area (Å²) in [4.78, 5) is 7.05. The van der Waals surface area contributed by atoms with Crippen molar-refractivity contribution in [3.05, 3.63) is 28.2 Å². The molecular formula is C9H9BrFN3. The Morgan fingerprint density at radius 2 is 2.29 bits per heavy atom. The summed E-state index contributed by atoms with van der Waals surface area (Å²) in [6.07, 6.45) is 0.